The average Bonchev–Trinajstić information content (AvgIpc) is 2.37. The van der Waals surface area contributed by atoms with Crippen LogP contribution in [-0.2, 0) is 14.3 Å². The summed E-state index contributed by atoms with van der Waals surface area (Å²) in [6.45, 7) is 12.4. The zero-order chi connectivity index (χ0) is 15.8. The third-order valence-electron chi connectivity index (χ3n) is 3.55. The molecule has 0 aromatic carbocycles. The van der Waals surface area contributed by atoms with E-state index in [9.17, 15) is 4.79 Å². The lowest BCUT2D eigenvalue weighted by Gasteiger charge is -2.34. The van der Waals surface area contributed by atoms with E-state index in [2.05, 4.69) is 24.2 Å². The largest absolute Gasteiger partial charge is 0.468 e. The van der Waals surface area contributed by atoms with Gasteiger partial charge in [-0.05, 0) is 47.7 Å². The second kappa shape index (κ2) is 9.32. The van der Waals surface area contributed by atoms with E-state index in [4.69, 9.17) is 9.47 Å². The summed E-state index contributed by atoms with van der Waals surface area (Å²) in [5.41, 5.74) is -0.643. The summed E-state index contributed by atoms with van der Waals surface area (Å²) in [4.78, 5) is 14.2. The van der Waals surface area contributed by atoms with Crippen LogP contribution in [0.1, 0.15) is 41.0 Å². The molecule has 1 N–H and O–H groups in total. The lowest BCUT2D eigenvalue weighted by atomic mass is 9.93. The molecule has 0 rings (SSSR count). The first-order valence-electron chi connectivity index (χ1n) is 7.42. The van der Waals surface area contributed by atoms with Crippen LogP contribution >= 0.6 is 0 Å². The molecule has 0 aliphatic carbocycles. The number of esters is 1. The molecule has 2 unspecified atom stereocenters. The maximum Gasteiger partial charge on any atom is 0.325 e. The van der Waals surface area contributed by atoms with Gasteiger partial charge in [-0.3, -0.25) is 4.79 Å². The van der Waals surface area contributed by atoms with Crippen molar-refractivity contribution in [3.8, 4) is 0 Å². The summed E-state index contributed by atoms with van der Waals surface area (Å²) >= 11 is 0. The number of carbonyl (C=O) groups is 1. The number of nitrogens with one attached hydrogen (secondary N) is 1. The predicted molar refractivity (Wildman–Crippen MR) is 81.9 cm³/mol. The van der Waals surface area contributed by atoms with Gasteiger partial charge in [-0.25, -0.2) is 0 Å². The van der Waals surface area contributed by atoms with Crippen LogP contribution in [-0.4, -0.2) is 62.4 Å². The Morgan fingerprint density at radius 3 is 2.40 bits per heavy atom. The lowest BCUT2D eigenvalue weighted by Crippen LogP contribution is -2.53. The van der Waals surface area contributed by atoms with Gasteiger partial charge in [0.05, 0.1) is 19.8 Å². The molecule has 0 saturated heterocycles. The van der Waals surface area contributed by atoms with E-state index < -0.39 is 5.54 Å². The number of methoxy groups -OCH3 is 1. The molecule has 20 heavy (non-hydrogen) atoms. The highest BCUT2D eigenvalue weighted by Crippen LogP contribution is 2.17. The molecule has 0 aliphatic rings. The number of rotatable bonds is 10. The Bertz CT molecular complexity index is 284. The minimum Gasteiger partial charge on any atom is -0.468 e. The standard InChI is InChI=1S/C15H32N2O3/c1-8-16-15(5,14(18)19-7)11-13(4)17(6)9-10-20-12(2)3/h12-13,16H,8-11H2,1-7H3. The molecule has 0 radical (unpaired) electrons. The van der Waals surface area contributed by atoms with Gasteiger partial charge in [0.25, 0.3) is 0 Å². The molecule has 5 heteroatoms. The van der Waals surface area contributed by atoms with Crippen LogP contribution < -0.4 is 5.32 Å². The molecule has 0 heterocycles. The smallest absolute Gasteiger partial charge is 0.325 e. The molecule has 0 saturated carbocycles. The van der Waals surface area contributed by atoms with Crippen molar-refractivity contribution in [2.24, 2.45) is 0 Å². The van der Waals surface area contributed by atoms with E-state index in [-0.39, 0.29) is 18.1 Å². The van der Waals surface area contributed by atoms with Gasteiger partial charge in [0.1, 0.15) is 5.54 Å². The zero-order valence-electron chi connectivity index (χ0n) is 14.2. The fourth-order valence-electron chi connectivity index (χ4n) is 2.24. The van der Waals surface area contributed by atoms with Crippen molar-refractivity contribution >= 4 is 5.97 Å². The Kier molecular flexibility index (Phi) is 9.01. The summed E-state index contributed by atoms with van der Waals surface area (Å²) in [7, 11) is 3.49. The third-order valence-corrected chi connectivity index (χ3v) is 3.55. The molecular weight excluding hydrogens is 256 g/mol. The predicted octanol–water partition coefficient (Wildman–Crippen LogP) is 1.66. The van der Waals surface area contributed by atoms with Gasteiger partial charge in [-0.15, -0.1) is 0 Å². The van der Waals surface area contributed by atoms with Crippen molar-refractivity contribution < 1.29 is 14.3 Å². The molecule has 0 fully saturated rings. The van der Waals surface area contributed by atoms with Gasteiger partial charge >= 0.3 is 5.97 Å². The maximum atomic E-state index is 12.0. The van der Waals surface area contributed by atoms with Crippen molar-refractivity contribution in [3.63, 3.8) is 0 Å². The van der Waals surface area contributed by atoms with Gasteiger partial charge in [-0.2, -0.15) is 0 Å². The summed E-state index contributed by atoms with van der Waals surface area (Å²) in [6.07, 6.45) is 0.951. The van der Waals surface area contributed by atoms with Crippen molar-refractivity contribution in [2.75, 3.05) is 33.9 Å². The number of hydrogen-bond donors (Lipinski definition) is 1. The first-order valence-corrected chi connectivity index (χ1v) is 7.42. The lowest BCUT2D eigenvalue weighted by molar-refractivity contribution is -0.148. The van der Waals surface area contributed by atoms with E-state index >= 15 is 0 Å². The molecule has 0 aromatic heterocycles. The Morgan fingerprint density at radius 2 is 1.95 bits per heavy atom. The van der Waals surface area contributed by atoms with Crippen molar-refractivity contribution in [1.82, 2.24) is 10.2 Å². The van der Waals surface area contributed by atoms with Crippen LogP contribution in [0.25, 0.3) is 0 Å². The maximum absolute atomic E-state index is 12.0. The Morgan fingerprint density at radius 1 is 1.35 bits per heavy atom. The zero-order valence-corrected chi connectivity index (χ0v) is 14.2. The van der Waals surface area contributed by atoms with Gasteiger partial charge < -0.3 is 19.7 Å². The van der Waals surface area contributed by atoms with E-state index in [1.54, 1.807) is 0 Å². The fourth-order valence-corrected chi connectivity index (χ4v) is 2.24. The second-order valence-corrected chi connectivity index (χ2v) is 5.81. The number of hydrogen-bond acceptors (Lipinski definition) is 5. The van der Waals surface area contributed by atoms with E-state index in [1.165, 1.54) is 7.11 Å². The molecule has 0 bridgehead atoms. The first-order chi connectivity index (χ1) is 9.26. The summed E-state index contributed by atoms with van der Waals surface area (Å²) in [6, 6.07) is 0.258. The van der Waals surface area contributed by atoms with Crippen LogP contribution in [0.2, 0.25) is 0 Å². The van der Waals surface area contributed by atoms with Crippen LogP contribution in [0.4, 0.5) is 0 Å². The Hall–Kier alpha value is -0.650. The molecule has 0 aromatic rings. The second-order valence-electron chi connectivity index (χ2n) is 5.81. The highest BCUT2D eigenvalue weighted by Gasteiger charge is 2.35. The highest BCUT2D eigenvalue weighted by molar-refractivity contribution is 5.80. The first kappa shape index (κ1) is 19.4. The number of likely N-dealkylation sites (N-methyl/N-ethyl adjacent to an activating group) is 2. The number of carbonyl (C=O) groups excluding carboxylic acids is 1. The molecule has 120 valence electrons. The average molecular weight is 288 g/mol. The van der Waals surface area contributed by atoms with Crippen molar-refractivity contribution in [3.05, 3.63) is 0 Å². The molecular formula is C15H32N2O3. The summed E-state index contributed by atoms with van der Waals surface area (Å²) in [5, 5.41) is 3.24. The van der Waals surface area contributed by atoms with Gasteiger partial charge in [0, 0.05) is 12.6 Å². The normalized spacial score (nSPS) is 16.2. The molecule has 5 nitrogen and oxygen atoms in total. The molecule has 0 spiro atoms. The topological polar surface area (TPSA) is 50.8 Å². The highest BCUT2D eigenvalue weighted by atomic mass is 16.5. The van der Waals surface area contributed by atoms with E-state index in [1.807, 2.05) is 27.7 Å². The summed E-state index contributed by atoms with van der Waals surface area (Å²) < 4.78 is 10.5. The van der Waals surface area contributed by atoms with Crippen molar-refractivity contribution in [1.29, 1.82) is 0 Å². The third kappa shape index (κ3) is 6.68. The monoisotopic (exact) mass is 288 g/mol. The molecule has 0 aliphatic heterocycles. The summed E-state index contributed by atoms with van der Waals surface area (Å²) in [5.74, 6) is -0.210. The minimum absolute atomic E-state index is 0.210. The van der Waals surface area contributed by atoms with E-state index in [0.717, 1.165) is 13.1 Å². The number of ether oxygens (including phenoxy) is 2. The SMILES string of the molecule is CCNC(C)(CC(C)N(C)CCOC(C)C)C(=O)OC. The fraction of sp³-hybridized carbons (Fsp3) is 0.933. The quantitative estimate of drug-likeness (QED) is 0.620. The van der Waals surface area contributed by atoms with Crippen LogP contribution in [0.3, 0.4) is 0 Å². The van der Waals surface area contributed by atoms with Crippen LogP contribution in [0, 0.1) is 0 Å². The van der Waals surface area contributed by atoms with Crippen LogP contribution in [0.15, 0.2) is 0 Å². The van der Waals surface area contributed by atoms with Crippen molar-refractivity contribution in [2.45, 2.75) is 58.7 Å². The minimum atomic E-state index is -0.643. The van der Waals surface area contributed by atoms with Gasteiger partial charge in [0.15, 0.2) is 0 Å². The number of nitrogens with zero attached hydrogens (tertiary/aromatic N) is 1. The van der Waals surface area contributed by atoms with Gasteiger partial charge in [-0.1, -0.05) is 6.92 Å². The van der Waals surface area contributed by atoms with E-state index in [0.29, 0.717) is 13.0 Å². The molecule has 0 amide bonds. The van der Waals surface area contributed by atoms with Gasteiger partial charge in [0.2, 0.25) is 0 Å². The Balaban J connectivity index is 4.44. The molecule has 2 atom stereocenters. The Labute approximate surface area is 124 Å². The van der Waals surface area contributed by atoms with Crippen LogP contribution in [0.5, 0.6) is 0 Å².